The molecule has 0 aliphatic carbocycles. The van der Waals surface area contributed by atoms with Crippen LogP contribution in [0.3, 0.4) is 0 Å². The maximum Gasteiger partial charge on any atom is 0.105 e. The molecule has 0 unspecified atom stereocenters. The Balaban J connectivity index is 1.69. The maximum atomic E-state index is 5.46. The van der Waals surface area contributed by atoms with Gasteiger partial charge in [-0.2, -0.15) is 0 Å². The fraction of sp³-hybridized carbons (Fsp3) is 0.750. The minimum Gasteiger partial charge on any atom is -0.469 e. The molecular formula is C16H29NO4. The minimum absolute atomic E-state index is 0.629. The molecule has 5 nitrogen and oxygen atoms in total. The largest absolute Gasteiger partial charge is 0.469 e. The van der Waals surface area contributed by atoms with Gasteiger partial charge < -0.3 is 23.9 Å². The Morgan fingerprint density at radius 1 is 0.952 bits per heavy atom. The van der Waals surface area contributed by atoms with Gasteiger partial charge in [0.15, 0.2) is 0 Å². The molecule has 1 N–H and O–H groups in total. The molecule has 0 atom stereocenters. The van der Waals surface area contributed by atoms with E-state index < -0.39 is 0 Å². The lowest BCUT2D eigenvalue weighted by atomic mass is 10.3. The lowest BCUT2D eigenvalue weighted by Gasteiger charge is -2.07. The van der Waals surface area contributed by atoms with Crippen LogP contribution in [-0.4, -0.2) is 52.7 Å². The Labute approximate surface area is 127 Å². The highest BCUT2D eigenvalue weighted by molar-refractivity contribution is 4.98. The van der Waals surface area contributed by atoms with Crippen LogP contribution in [0.2, 0.25) is 0 Å². The number of hydrogen-bond donors (Lipinski definition) is 1. The van der Waals surface area contributed by atoms with Gasteiger partial charge in [-0.25, -0.2) is 0 Å². The molecule has 21 heavy (non-hydrogen) atoms. The highest BCUT2D eigenvalue weighted by Gasteiger charge is 1.95. The standard InChI is InChI=1S/C16H29NO4/c1-2-3-9-18-12-14-20-15-13-19-11-8-17-7-6-16-5-4-10-21-16/h4-5,10,17H,2-3,6-9,11-15H2,1H3. The van der Waals surface area contributed by atoms with Gasteiger partial charge in [-0.3, -0.25) is 0 Å². The van der Waals surface area contributed by atoms with Gasteiger partial charge in [0.2, 0.25) is 0 Å². The summed E-state index contributed by atoms with van der Waals surface area (Å²) in [6.45, 7) is 8.03. The third-order valence-corrected chi connectivity index (χ3v) is 2.94. The zero-order chi connectivity index (χ0) is 15.0. The zero-order valence-corrected chi connectivity index (χ0v) is 13.1. The smallest absolute Gasteiger partial charge is 0.105 e. The van der Waals surface area contributed by atoms with Gasteiger partial charge >= 0.3 is 0 Å². The molecule has 1 heterocycles. The number of nitrogens with one attached hydrogen (secondary N) is 1. The average Bonchev–Trinajstić information content (AvgIpc) is 3.01. The molecule has 1 aromatic heterocycles. The molecule has 0 aliphatic heterocycles. The van der Waals surface area contributed by atoms with E-state index in [9.17, 15) is 0 Å². The summed E-state index contributed by atoms with van der Waals surface area (Å²) in [6.07, 6.45) is 4.90. The molecular weight excluding hydrogens is 270 g/mol. The number of rotatable bonds is 15. The fourth-order valence-corrected chi connectivity index (χ4v) is 1.72. The second-order valence-electron chi connectivity index (χ2n) is 4.77. The quantitative estimate of drug-likeness (QED) is 0.503. The summed E-state index contributed by atoms with van der Waals surface area (Å²) < 4.78 is 21.5. The summed E-state index contributed by atoms with van der Waals surface area (Å²) in [4.78, 5) is 0. The number of unbranched alkanes of at least 4 members (excludes halogenated alkanes) is 1. The average molecular weight is 299 g/mol. The molecule has 122 valence electrons. The molecule has 0 spiro atoms. The molecule has 0 aliphatic rings. The van der Waals surface area contributed by atoms with Crippen molar-refractivity contribution in [3.8, 4) is 0 Å². The van der Waals surface area contributed by atoms with E-state index >= 15 is 0 Å². The van der Waals surface area contributed by atoms with Crippen LogP contribution >= 0.6 is 0 Å². The molecule has 0 radical (unpaired) electrons. The highest BCUT2D eigenvalue weighted by Crippen LogP contribution is 1.99. The zero-order valence-electron chi connectivity index (χ0n) is 13.1. The van der Waals surface area contributed by atoms with Crippen molar-refractivity contribution < 1.29 is 18.6 Å². The van der Waals surface area contributed by atoms with E-state index in [0.29, 0.717) is 33.0 Å². The predicted octanol–water partition coefficient (Wildman–Crippen LogP) is 2.26. The summed E-state index contributed by atoms with van der Waals surface area (Å²) in [6, 6.07) is 3.90. The van der Waals surface area contributed by atoms with E-state index in [0.717, 1.165) is 38.3 Å². The van der Waals surface area contributed by atoms with E-state index in [4.69, 9.17) is 18.6 Å². The summed E-state index contributed by atoms with van der Waals surface area (Å²) in [7, 11) is 0. The van der Waals surface area contributed by atoms with E-state index in [1.54, 1.807) is 6.26 Å². The molecule has 0 amide bonds. The van der Waals surface area contributed by atoms with E-state index in [-0.39, 0.29) is 0 Å². The first-order chi connectivity index (χ1) is 10.4. The van der Waals surface area contributed by atoms with Gasteiger partial charge in [-0.1, -0.05) is 13.3 Å². The summed E-state index contributed by atoms with van der Waals surface area (Å²) in [5.41, 5.74) is 0. The molecule has 0 aromatic carbocycles. The summed E-state index contributed by atoms with van der Waals surface area (Å²) in [5, 5.41) is 3.31. The van der Waals surface area contributed by atoms with Crippen molar-refractivity contribution in [3.63, 3.8) is 0 Å². The van der Waals surface area contributed by atoms with E-state index in [1.165, 1.54) is 6.42 Å². The van der Waals surface area contributed by atoms with Crippen molar-refractivity contribution in [1.82, 2.24) is 5.32 Å². The maximum absolute atomic E-state index is 5.46. The third kappa shape index (κ3) is 11.5. The number of ether oxygens (including phenoxy) is 3. The van der Waals surface area contributed by atoms with Crippen LogP contribution in [-0.2, 0) is 20.6 Å². The molecule has 5 heteroatoms. The fourth-order valence-electron chi connectivity index (χ4n) is 1.72. The molecule has 0 bridgehead atoms. The van der Waals surface area contributed by atoms with Crippen LogP contribution in [0, 0.1) is 0 Å². The van der Waals surface area contributed by atoms with Crippen LogP contribution in [0.5, 0.6) is 0 Å². The monoisotopic (exact) mass is 299 g/mol. The normalized spacial score (nSPS) is 11.1. The second-order valence-corrected chi connectivity index (χ2v) is 4.77. The van der Waals surface area contributed by atoms with Crippen molar-refractivity contribution in [3.05, 3.63) is 24.2 Å². The Hall–Kier alpha value is -0.880. The SMILES string of the molecule is CCCCOCCOCCOCCNCCc1ccco1. The molecule has 1 aromatic rings. The number of hydrogen-bond acceptors (Lipinski definition) is 5. The Bertz CT molecular complexity index is 303. The molecule has 0 fully saturated rings. The highest BCUT2D eigenvalue weighted by atomic mass is 16.5. The van der Waals surface area contributed by atoms with E-state index in [2.05, 4.69) is 12.2 Å². The summed E-state index contributed by atoms with van der Waals surface area (Å²) >= 11 is 0. The Morgan fingerprint density at radius 2 is 1.67 bits per heavy atom. The van der Waals surface area contributed by atoms with Crippen LogP contribution in [0.15, 0.2) is 22.8 Å². The van der Waals surface area contributed by atoms with Crippen molar-refractivity contribution in [2.24, 2.45) is 0 Å². The van der Waals surface area contributed by atoms with Gasteiger partial charge in [0, 0.05) is 26.1 Å². The van der Waals surface area contributed by atoms with Crippen LogP contribution < -0.4 is 5.32 Å². The third-order valence-electron chi connectivity index (χ3n) is 2.94. The van der Waals surface area contributed by atoms with Crippen LogP contribution in [0.4, 0.5) is 0 Å². The summed E-state index contributed by atoms with van der Waals surface area (Å²) in [5.74, 6) is 1.01. The van der Waals surface area contributed by atoms with Gasteiger partial charge in [0.1, 0.15) is 5.76 Å². The first kappa shape index (κ1) is 18.2. The molecule has 1 rings (SSSR count). The van der Waals surface area contributed by atoms with Gasteiger partial charge in [-0.05, 0) is 18.6 Å². The first-order valence-electron chi connectivity index (χ1n) is 7.89. The van der Waals surface area contributed by atoms with Gasteiger partial charge in [-0.15, -0.1) is 0 Å². The van der Waals surface area contributed by atoms with Crippen molar-refractivity contribution >= 4 is 0 Å². The predicted molar refractivity (Wildman–Crippen MR) is 82.6 cm³/mol. The Kier molecular flexibility index (Phi) is 12.2. The van der Waals surface area contributed by atoms with E-state index in [1.807, 2.05) is 12.1 Å². The minimum atomic E-state index is 0.629. The number of furan rings is 1. The van der Waals surface area contributed by atoms with Crippen molar-refractivity contribution in [2.45, 2.75) is 26.2 Å². The van der Waals surface area contributed by atoms with Crippen molar-refractivity contribution in [2.75, 3.05) is 52.7 Å². The van der Waals surface area contributed by atoms with Crippen LogP contribution in [0.25, 0.3) is 0 Å². The molecule has 0 saturated carbocycles. The van der Waals surface area contributed by atoms with Gasteiger partial charge in [0.25, 0.3) is 0 Å². The topological polar surface area (TPSA) is 52.9 Å². The lowest BCUT2D eigenvalue weighted by molar-refractivity contribution is 0.0147. The van der Waals surface area contributed by atoms with Crippen molar-refractivity contribution in [1.29, 1.82) is 0 Å². The van der Waals surface area contributed by atoms with Crippen LogP contribution in [0.1, 0.15) is 25.5 Å². The molecule has 0 saturated heterocycles. The lowest BCUT2D eigenvalue weighted by Crippen LogP contribution is -2.23. The van der Waals surface area contributed by atoms with Gasteiger partial charge in [0.05, 0.1) is 39.3 Å². The second kappa shape index (κ2) is 14.1. The first-order valence-corrected chi connectivity index (χ1v) is 7.89. The Morgan fingerprint density at radius 3 is 2.33 bits per heavy atom.